The number of Topliss-reactive ketones (excluding diaryl/α,β-unsaturated/α-hetero) is 1. The molecule has 30 heavy (non-hydrogen) atoms. The Balaban J connectivity index is 1.83. The van der Waals surface area contributed by atoms with Crippen LogP contribution in [0.1, 0.15) is 53.3 Å². The molecule has 0 saturated heterocycles. The molecule has 0 bridgehead atoms. The van der Waals surface area contributed by atoms with Crippen LogP contribution in [0.25, 0.3) is 0 Å². The number of benzene rings is 2. The molecule has 0 aliphatic carbocycles. The Labute approximate surface area is 174 Å². The van der Waals surface area contributed by atoms with Crippen molar-refractivity contribution >= 4 is 35.1 Å². The molecule has 0 saturated carbocycles. The number of nitrogens with one attached hydrogen (secondary N) is 2. The van der Waals surface area contributed by atoms with Crippen LogP contribution in [-0.4, -0.2) is 30.3 Å². The summed E-state index contributed by atoms with van der Waals surface area (Å²) >= 11 is 0. The highest BCUT2D eigenvalue weighted by atomic mass is 16.5. The summed E-state index contributed by atoms with van der Waals surface area (Å²) in [6.45, 7) is 1.66. The number of hydrogen-bond acceptors (Lipinski definition) is 5. The van der Waals surface area contributed by atoms with Crippen LogP contribution in [0.3, 0.4) is 0 Å². The molecule has 0 aromatic heterocycles. The van der Waals surface area contributed by atoms with Crippen LogP contribution < -0.4 is 16.4 Å². The second kappa shape index (κ2) is 11.4. The summed E-state index contributed by atoms with van der Waals surface area (Å²) in [7, 11) is 0. The van der Waals surface area contributed by atoms with Crippen molar-refractivity contribution in [2.75, 3.05) is 17.2 Å². The predicted octanol–water partition coefficient (Wildman–Crippen LogP) is 3.74. The van der Waals surface area contributed by atoms with E-state index in [-0.39, 0.29) is 17.3 Å². The van der Waals surface area contributed by atoms with Gasteiger partial charge in [-0.1, -0.05) is 19.8 Å². The number of rotatable bonds is 10. The first kappa shape index (κ1) is 22.6. The Morgan fingerprint density at radius 1 is 0.833 bits per heavy atom. The zero-order valence-corrected chi connectivity index (χ0v) is 16.8. The van der Waals surface area contributed by atoms with Gasteiger partial charge in [0, 0.05) is 23.4 Å². The standard InChI is InChI=1S/C22H25N3O5/c1-2-3-4-5-20(27)24-17-10-6-15(7-11-17)19(26)14-30-21(28)16-8-12-18(13-9-16)25-22(23)29/h6-13H,2-5,14H2,1H3,(H,24,27)(H3,23,25,29). The van der Waals surface area contributed by atoms with Crippen molar-refractivity contribution < 1.29 is 23.9 Å². The fourth-order valence-electron chi connectivity index (χ4n) is 2.63. The van der Waals surface area contributed by atoms with Gasteiger partial charge in [0.15, 0.2) is 12.4 Å². The summed E-state index contributed by atoms with van der Waals surface area (Å²) in [5.41, 5.74) is 6.66. The first-order chi connectivity index (χ1) is 14.4. The molecule has 2 aromatic rings. The van der Waals surface area contributed by atoms with Crippen LogP contribution in [0, 0.1) is 0 Å². The molecular weight excluding hydrogens is 386 g/mol. The SMILES string of the molecule is CCCCCC(=O)Nc1ccc(C(=O)COC(=O)c2ccc(NC(N)=O)cc2)cc1. The van der Waals surface area contributed by atoms with E-state index < -0.39 is 18.6 Å². The maximum atomic E-state index is 12.2. The zero-order chi connectivity index (χ0) is 21.9. The van der Waals surface area contributed by atoms with Crippen molar-refractivity contribution in [2.45, 2.75) is 32.6 Å². The van der Waals surface area contributed by atoms with Crippen LogP contribution in [0.2, 0.25) is 0 Å². The van der Waals surface area contributed by atoms with Gasteiger partial charge in [-0.25, -0.2) is 9.59 Å². The summed E-state index contributed by atoms with van der Waals surface area (Å²) < 4.78 is 5.04. The van der Waals surface area contributed by atoms with Crippen LogP contribution in [0.15, 0.2) is 48.5 Å². The van der Waals surface area contributed by atoms with Gasteiger partial charge in [0.1, 0.15) is 0 Å². The van der Waals surface area contributed by atoms with Crippen molar-refractivity contribution in [3.05, 3.63) is 59.7 Å². The third kappa shape index (κ3) is 7.38. The lowest BCUT2D eigenvalue weighted by Crippen LogP contribution is -2.19. The highest BCUT2D eigenvalue weighted by Gasteiger charge is 2.12. The molecule has 0 atom stereocenters. The molecule has 0 heterocycles. The van der Waals surface area contributed by atoms with Gasteiger partial charge in [0.05, 0.1) is 5.56 Å². The average molecular weight is 411 g/mol. The van der Waals surface area contributed by atoms with Crippen molar-refractivity contribution in [1.82, 2.24) is 0 Å². The van der Waals surface area contributed by atoms with E-state index in [1.165, 1.54) is 24.3 Å². The molecule has 0 aliphatic heterocycles. The Morgan fingerprint density at radius 2 is 1.40 bits per heavy atom. The van der Waals surface area contributed by atoms with Crippen molar-refractivity contribution in [2.24, 2.45) is 5.73 Å². The summed E-state index contributed by atoms with van der Waals surface area (Å²) in [6, 6.07) is 11.6. The topological polar surface area (TPSA) is 128 Å². The fraction of sp³-hybridized carbons (Fsp3) is 0.273. The fourth-order valence-corrected chi connectivity index (χ4v) is 2.63. The zero-order valence-electron chi connectivity index (χ0n) is 16.8. The first-order valence-electron chi connectivity index (χ1n) is 9.65. The molecule has 158 valence electrons. The number of ether oxygens (including phenoxy) is 1. The minimum Gasteiger partial charge on any atom is -0.454 e. The summed E-state index contributed by atoms with van der Waals surface area (Å²) in [4.78, 5) is 46.9. The van der Waals surface area contributed by atoms with E-state index >= 15 is 0 Å². The highest BCUT2D eigenvalue weighted by Crippen LogP contribution is 2.13. The number of nitrogens with two attached hydrogens (primary N) is 1. The third-order valence-electron chi connectivity index (χ3n) is 4.22. The molecule has 8 heteroatoms. The highest BCUT2D eigenvalue weighted by molar-refractivity contribution is 6.00. The number of urea groups is 1. The van der Waals surface area contributed by atoms with Gasteiger partial charge in [-0.2, -0.15) is 0 Å². The molecule has 4 N–H and O–H groups in total. The Hall–Kier alpha value is -3.68. The monoisotopic (exact) mass is 411 g/mol. The van der Waals surface area contributed by atoms with Gasteiger partial charge < -0.3 is 21.1 Å². The van der Waals surface area contributed by atoms with Crippen LogP contribution in [0.4, 0.5) is 16.2 Å². The Morgan fingerprint density at radius 3 is 1.97 bits per heavy atom. The normalized spacial score (nSPS) is 10.2. The largest absolute Gasteiger partial charge is 0.454 e. The number of primary amides is 1. The lowest BCUT2D eigenvalue weighted by Gasteiger charge is -2.07. The lowest BCUT2D eigenvalue weighted by molar-refractivity contribution is -0.116. The molecule has 0 unspecified atom stereocenters. The van der Waals surface area contributed by atoms with E-state index in [0.717, 1.165) is 19.3 Å². The van der Waals surface area contributed by atoms with E-state index in [4.69, 9.17) is 10.5 Å². The first-order valence-corrected chi connectivity index (χ1v) is 9.65. The van der Waals surface area contributed by atoms with Gasteiger partial charge in [0.25, 0.3) is 0 Å². The van der Waals surface area contributed by atoms with Gasteiger partial charge in [-0.15, -0.1) is 0 Å². The molecule has 8 nitrogen and oxygen atoms in total. The number of anilines is 2. The smallest absolute Gasteiger partial charge is 0.338 e. The van der Waals surface area contributed by atoms with E-state index in [1.807, 2.05) is 0 Å². The molecule has 0 aliphatic rings. The Kier molecular flexibility index (Phi) is 8.56. The maximum Gasteiger partial charge on any atom is 0.338 e. The van der Waals surface area contributed by atoms with Gasteiger partial charge >= 0.3 is 12.0 Å². The molecule has 3 amide bonds. The summed E-state index contributed by atoms with van der Waals surface area (Å²) in [5, 5.41) is 5.16. The van der Waals surface area contributed by atoms with Gasteiger partial charge in [0.2, 0.25) is 5.91 Å². The minimum absolute atomic E-state index is 0.0616. The minimum atomic E-state index is -0.710. The van der Waals surface area contributed by atoms with E-state index in [9.17, 15) is 19.2 Å². The van der Waals surface area contributed by atoms with Gasteiger partial charge in [-0.3, -0.25) is 9.59 Å². The number of esters is 1. The molecule has 2 rings (SSSR count). The molecule has 0 spiro atoms. The summed E-state index contributed by atoms with van der Waals surface area (Å²) in [6.07, 6.45) is 3.36. The number of hydrogen-bond donors (Lipinski definition) is 3. The molecular formula is C22H25N3O5. The van der Waals surface area contributed by atoms with Crippen LogP contribution in [0.5, 0.6) is 0 Å². The van der Waals surface area contributed by atoms with Gasteiger partial charge in [-0.05, 0) is 55.0 Å². The van der Waals surface area contributed by atoms with E-state index in [2.05, 4.69) is 17.6 Å². The quantitative estimate of drug-likeness (QED) is 0.312. The molecule has 2 aromatic carbocycles. The number of ketones is 1. The summed E-state index contributed by atoms with van der Waals surface area (Å²) in [5.74, 6) is -1.09. The molecule has 0 radical (unpaired) electrons. The number of carbonyl (C=O) groups is 4. The number of amides is 3. The number of carbonyl (C=O) groups excluding carboxylic acids is 4. The van der Waals surface area contributed by atoms with E-state index in [0.29, 0.717) is 23.4 Å². The predicted molar refractivity (Wildman–Crippen MR) is 113 cm³/mol. The maximum absolute atomic E-state index is 12.2. The van der Waals surface area contributed by atoms with Crippen molar-refractivity contribution in [3.8, 4) is 0 Å². The number of unbranched alkanes of at least 4 members (excludes halogenated alkanes) is 2. The van der Waals surface area contributed by atoms with Crippen LogP contribution in [-0.2, 0) is 9.53 Å². The second-order valence-electron chi connectivity index (χ2n) is 6.65. The average Bonchev–Trinajstić information content (AvgIpc) is 2.72. The van der Waals surface area contributed by atoms with E-state index in [1.54, 1.807) is 24.3 Å². The second-order valence-corrected chi connectivity index (χ2v) is 6.65. The lowest BCUT2D eigenvalue weighted by atomic mass is 10.1. The van der Waals surface area contributed by atoms with Crippen LogP contribution >= 0.6 is 0 Å². The Bertz CT molecular complexity index is 892. The van der Waals surface area contributed by atoms with Crippen molar-refractivity contribution in [3.63, 3.8) is 0 Å². The third-order valence-corrected chi connectivity index (χ3v) is 4.22. The van der Waals surface area contributed by atoms with Crippen molar-refractivity contribution in [1.29, 1.82) is 0 Å². The molecule has 0 fully saturated rings.